The molecule has 0 aromatic heterocycles. The number of rotatable bonds is 5. The number of nitrogens with zero attached hydrogens (tertiary/aromatic N) is 1. The highest BCUT2D eigenvalue weighted by molar-refractivity contribution is 5.83. The maximum atomic E-state index is 10.7. The molecule has 0 aliphatic heterocycles. The van der Waals surface area contributed by atoms with Crippen LogP contribution in [0.25, 0.3) is 0 Å². The van der Waals surface area contributed by atoms with Crippen LogP contribution in [0.2, 0.25) is 0 Å². The number of anilines is 3. The van der Waals surface area contributed by atoms with E-state index in [0.717, 1.165) is 16.7 Å². The van der Waals surface area contributed by atoms with Gasteiger partial charge < -0.3 is 25.0 Å². The summed E-state index contributed by atoms with van der Waals surface area (Å²) in [4.78, 5) is 1.79. The van der Waals surface area contributed by atoms with Crippen LogP contribution in [0.3, 0.4) is 0 Å². The molecule has 0 amide bonds. The van der Waals surface area contributed by atoms with E-state index in [4.69, 9.17) is 4.74 Å². The molecule has 32 heavy (non-hydrogen) atoms. The zero-order valence-electron chi connectivity index (χ0n) is 18.2. The zero-order valence-corrected chi connectivity index (χ0v) is 18.2. The van der Waals surface area contributed by atoms with E-state index < -0.39 is 0 Å². The topological polar surface area (TPSA) is 73.2 Å². The summed E-state index contributed by atoms with van der Waals surface area (Å²) < 4.78 is 5.96. The van der Waals surface area contributed by atoms with Crippen molar-refractivity contribution in [1.82, 2.24) is 0 Å². The van der Waals surface area contributed by atoms with Crippen molar-refractivity contribution >= 4 is 17.1 Å². The summed E-state index contributed by atoms with van der Waals surface area (Å²) in [6.45, 7) is 5.69. The Labute approximate surface area is 187 Å². The summed E-state index contributed by atoms with van der Waals surface area (Å²) in [5.74, 6) is 1.11. The molecular weight excluding hydrogens is 402 g/mol. The Bertz CT molecular complexity index is 1230. The van der Waals surface area contributed by atoms with Crippen molar-refractivity contribution in [3.8, 4) is 28.7 Å². The van der Waals surface area contributed by atoms with Crippen molar-refractivity contribution in [3.63, 3.8) is 0 Å². The first-order chi connectivity index (χ1) is 15.3. The Kier molecular flexibility index (Phi) is 5.65. The van der Waals surface area contributed by atoms with Gasteiger partial charge in [0.25, 0.3) is 0 Å². The first kappa shape index (κ1) is 21.1. The number of aromatic hydroxyl groups is 3. The Morgan fingerprint density at radius 3 is 1.88 bits per heavy atom. The van der Waals surface area contributed by atoms with Crippen LogP contribution >= 0.6 is 0 Å². The summed E-state index contributed by atoms with van der Waals surface area (Å²) in [6, 6.07) is 23.2. The third kappa shape index (κ3) is 4.18. The van der Waals surface area contributed by atoms with Gasteiger partial charge >= 0.3 is 0 Å². The molecule has 4 aromatic rings. The molecule has 0 atom stereocenters. The molecule has 5 nitrogen and oxygen atoms in total. The van der Waals surface area contributed by atoms with Gasteiger partial charge in [0.15, 0.2) is 11.5 Å². The second-order valence-corrected chi connectivity index (χ2v) is 7.84. The van der Waals surface area contributed by atoms with E-state index in [-0.39, 0.29) is 17.2 Å². The molecule has 0 saturated heterocycles. The van der Waals surface area contributed by atoms with E-state index in [1.54, 1.807) is 48.2 Å². The fourth-order valence-corrected chi connectivity index (χ4v) is 3.56. The van der Waals surface area contributed by atoms with Crippen molar-refractivity contribution in [3.05, 3.63) is 95.6 Å². The van der Waals surface area contributed by atoms with Gasteiger partial charge in [-0.15, -0.1) is 0 Å². The molecule has 162 valence electrons. The number of para-hydroxylation sites is 1. The van der Waals surface area contributed by atoms with Gasteiger partial charge in [-0.2, -0.15) is 0 Å². The van der Waals surface area contributed by atoms with E-state index in [1.807, 2.05) is 56.3 Å². The monoisotopic (exact) mass is 427 g/mol. The van der Waals surface area contributed by atoms with Gasteiger partial charge in [0.05, 0.1) is 17.1 Å². The Balaban J connectivity index is 1.85. The highest BCUT2D eigenvalue weighted by Gasteiger charge is 2.20. The molecule has 0 saturated carbocycles. The largest absolute Gasteiger partial charge is 0.506 e. The molecule has 5 heteroatoms. The minimum atomic E-state index is 0.0826. The highest BCUT2D eigenvalue weighted by atomic mass is 16.5. The van der Waals surface area contributed by atoms with E-state index in [2.05, 4.69) is 0 Å². The lowest BCUT2D eigenvalue weighted by Crippen LogP contribution is -2.11. The summed E-state index contributed by atoms with van der Waals surface area (Å²) in [5.41, 5.74) is 4.38. The van der Waals surface area contributed by atoms with Crippen molar-refractivity contribution in [2.45, 2.75) is 20.8 Å². The lowest BCUT2D eigenvalue weighted by atomic mass is 10.1. The molecule has 0 heterocycles. The van der Waals surface area contributed by atoms with Crippen molar-refractivity contribution in [1.29, 1.82) is 0 Å². The predicted molar refractivity (Wildman–Crippen MR) is 127 cm³/mol. The van der Waals surface area contributed by atoms with Gasteiger partial charge in [0, 0.05) is 6.07 Å². The molecular formula is C27H25NO4. The molecule has 0 unspecified atom stereocenters. The summed E-state index contributed by atoms with van der Waals surface area (Å²) in [7, 11) is 0. The molecule has 3 N–H and O–H groups in total. The SMILES string of the molecule is Cc1ccc(O)c(N(c2cccc(Oc3cccc(C)c3O)c2)c2cc(C)ccc2O)c1. The number of hydrogen-bond acceptors (Lipinski definition) is 5. The van der Waals surface area contributed by atoms with E-state index >= 15 is 0 Å². The van der Waals surface area contributed by atoms with Gasteiger partial charge in [0.2, 0.25) is 0 Å². The van der Waals surface area contributed by atoms with Crippen molar-refractivity contribution < 1.29 is 20.1 Å². The maximum absolute atomic E-state index is 10.7. The molecule has 4 aromatic carbocycles. The smallest absolute Gasteiger partial charge is 0.169 e. The van der Waals surface area contributed by atoms with Gasteiger partial charge in [-0.1, -0.05) is 30.3 Å². The number of phenols is 3. The lowest BCUT2D eigenvalue weighted by molar-refractivity contribution is 0.408. The Hall–Kier alpha value is -4.12. The third-order valence-corrected chi connectivity index (χ3v) is 5.25. The first-order valence-corrected chi connectivity index (χ1v) is 10.3. The van der Waals surface area contributed by atoms with Crippen LogP contribution < -0.4 is 9.64 Å². The van der Waals surface area contributed by atoms with Crippen LogP contribution in [-0.4, -0.2) is 15.3 Å². The molecule has 0 bridgehead atoms. The summed E-state index contributed by atoms with van der Waals surface area (Å²) in [6.07, 6.45) is 0. The van der Waals surface area contributed by atoms with Crippen LogP contribution in [0.5, 0.6) is 28.7 Å². The highest BCUT2D eigenvalue weighted by Crippen LogP contribution is 2.45. The maximum Gasteiger partial charge on any atom is 0.169 e. The van der Waals surface area contributed by atoms with Gasteiger partial charge in [-0.25, -0.2) is 0 Å². The van der Waals surface area contributed by atoms with Crippen molar-refractivity contribution in [2.24, 2.45) is 0 Å². The molecule has 0 radical (unpaired) electrons. The lowest BCUT2D eigenvalue weighted by Gasteiger charge is -2.27. The minimum Gasteiger partial charge on any atom is -0.506 e. The third-order valence-electron chi connectivity index (χ3n) is 5.25. The Morgan fingerprint density at radius 1 is 0.656 bits per heavy atom. The fourth-order valence-electron chi connectivity index (χ4n) is 3.56. The predicted octanol–water partition coefficient (Wildman–Crippen LogP) is 6.99. The fraction of sp³-hybridized carbons (Fsp3) is 0.111. The number of hydrogen-bond donors (Lipinski definition) is 3. The normalized spacial score (nSPS) is 10.7. The minimum absolute atomic E-state index is 0.0826. The van der Waals surface area contributed by atoms with Crippen LogP contribution in [0.15, 0.2) is 78.9 Å². The molecule has 0 aliphatic rings. The standard InChI is InChI=1S/C27H25NO4/c1-17-10-12-24(29)22(14-17)28(23-15-18(2)11-13-25(23)30)20-7-5-8-21(16-20)32-26-9-4-6-19(3)27(26)31/h4-16,29-31H,1-3H3. The first-order valence-electron chi connectivity index (χ1n) is 10.3. The van der Waals surface area contributed by atoms with E-state index in [9.17, 15) is 15.3 Å². The van der Waals surface area contributed by atoms with Gasteiger partial charge in [-0.3, -0.25) is 0 Å². The number of benzene rings is 4. The second kappa shape index (κ2) is 8.55. The quantitative estimate of drug-likeness (QED) is 0.320. The van der Waals surface area contributed by atoms with E-state index in [1.165, 1.54) is 0 Å². The van der Waals surface area contributed by atoms with Crippen LogP contribution in [0.1, 0.15) is 16.7 Å². The van der Waals surface area contributed by atoms with Crippen molar-refractivity contribution in [2.75, 3.05) is 4.90 Å². The average Bonchev–Trinajstić information content (AvgIpc) is 2.77. The molecule has 0 spiro atoms. The number of aryl methyl sites for hydroxylation is 3. The number of ether oxygens (including phenoxy) is 1. The Morgan fingerprint density at radius 2 is 1.25 bits per heavy atom. The second-order valence-electron chi connectivity index (χ2n) is 7.84. The van der Waals surface area contributed by atoms with Crippen LogP contribution in [-0.2, 0) is 0 Å². The average molecular weight is 428 g/mol. The van der Waals surface area contributed by atoms with Crippen LogP contribution in [0, 0.1) is 20.8 Å². The molecule has 0 fully saturated rings. The van der Waals surface area contributed by atoms with Gasteiger partial charge in [0.1, 0.15) is 17.2 Å². The zero-order chi connectivity index (χ0) is 22.8. The summed E-state index contributed by atoms with van der Waals surface area (Å²) >= 11 is 0. The van der Waals surface area contributed by atoms with Crippen LogP contribution in [0.4, 0.5) is 17.1 Å². The molecule has 0 aliphatic carbocycles. The van der Waals surface area contributed by atoms with Gasteiger partial charge in [-0.05, 0) is 79.9 Å². The van der Waals surface area contributed by atoms with E-state index in [0.29, 0.717) is 28.6 Å². The summed E-state index contributed by atoms with van der Waals surface area (Å²) in [5, 5.41) is 31.7. The molecule has 4 rings (SSSR count). The number of phenolic OH excluding ortho intramolecular Hbond substituents is 3.